The smallest absolute Gasteiger partial charge is 0.227 e. The number of aryl methyl sites for hydroxylation is 2. The van der Waals surface area contributed by atoms with Crippen LogP contribution in [0.3, 0.4) is 0 Å². The van der Waals surface area contributed by atoms with Gasteiger partial charge in [-0.3, -0.25) is 9.69 Å². The Bertz CT molecular complexity index is 1020. The zero-order valence-corrected chi connectivity index (χ0v) is 19.4. The Balaban J connectivity index is 1.30. The summed E-state index contributed by atoms with van der Waals surface area (Å²) in [5.41, 5.74) is 3.34. The number of nitrogens with one attached hydrogen (secondary N) is 1. The number of benzene rings is 2. The van der Waals surface area contributed by atoms with Crippen molar-refractivity contribution in [2.24, 2.45) is 0 Å². The molecule has 0 aliphatic carbocycles. The molecule has 0 saturated carbocycles. The van der Waals surface area contributed by atoms with Crippen molar-refractivity contribution in [3.05, 3.63) is 65.5 Å². The van der Waals surface area contributed by atoms with Gasteiger partial charge in [0.15, 0.2) is 0 Å². The van der Waals surface area contributed by atoms with Gasteiger partial charge in [0.05, 0.1) is 12.6 Å². The maximum absolute atomic E-state index is 12.6. The molecule has 33 heavy (non-hydrogen) atoms. The fourth-order valence-electron chi connectivity index (χ4n) is 4.16. The van der Waals surface area contributed by atoms with Crippen LogP contribution in [0.1, 0.15) is 49.2 Å². The molecule has 174 valence electrons. The first kappa shape index (κ1) is 23.0. The van der Waals surface area contributed by atoms with E-state index >= 15 is 0 Å². The van der Waals surface area contributed by atoms with Crippen molar-refractivity contribution >= 4 is 5.91 Å². The summed E-state index contributed by atoms with van der Waals surface area (Å²) in [6.07, 6.45) is 3.15. The second kappa shape index (κ2) is 11.1. The molecule has 1 saturated heterocycles. The van der Waals surface area contributed by atoms with E-state index in [9.17, 15) is 4.79 Å². The van der Waals surface area contributed by atoms with Gasteiger partial charge in [-0.05, 0) is 69.6 Å². The van der Waals surface area contributed by atoms with Gasteiger partial charge in [0.2, 0.25) is 17.6 Å². The van der Waals surface area contributed by atoms with Crippen LogP contribution in [0, 0.1) is 6.92 Å². The lowest BCUT2D eigenvalue weighted by Gasteiger charge is -2.28. The van der Waals surface area contributed by atoms with Crippen molar-refractivity contribution in [2.45, 2.75) is 45.6 Å². The van der Waals surface area contributed by atoms with Crippen LogP contribution < -0.4 is 10.1 Å². The Hall–Kier alpha value is -3.19. The summed E-state index contributed by atoms with van der Waals surface area (Å²) < 4.78 is 10.8. The molecule has 1 fully saturated rings. The molecule has 0 radical (unpaired) electrons. The van der Waals surface area contributed by atoms with Crippen molar-refractivity contribution in [1.29, 1.82) is 0 Å². The van der Waals surface area contributed by atoms with E-state index in [4.69, 9.17) is 9.26 Å². The third-order valence-corrected chi connectivity index (χ3v) is 5.99. The number of rotatable bonds is 10. The maximum atomic E-state index is 12.6. The van der Waals surface area contributed by atoms with Gasteiger partial charge in [-0.15, -0.1) is 0 Å². The molecule has 4 rings (SSSR count). The van der Waals surface area contributed by atoms with Crippen LogP contribution in [0.25, 0.3) is 11.4 Å². The third kappa shape index (κ3) is 6.20. The summed E-state index contributed by atoms with van der Waals surface area (Å²) >= 11 is 0. The van der Waals surface area contributed by atoms with E-state index in [0.717, 1.165) is 24.4 Å². The highest BCUT2D eigenvalue weighted by atomic mass is 16.5. The molecule has 2 heterocycles. The van der Waals surface area contributed by atoms with Crippen LogP contribution in [0.4, 0.5) is 0 Å². The summed E-state index contributed by atoms with van der Waals surface area (Å²) in [5.74, 6) is 1.78. The van der Waals surface area contributed by atoms with Crippen molar-refractivity contribution in [1.82, 2.24) is 20.4 Å². The first-order valence-electron chi connectivity index (χ1n) is 11.8. The highest BCUT2D eigenvalue weighted by Crippen LogP contribution is 2.25. The predicted octanol–water partition coefficient (Wildman–Crippen LogP) is 4.33. The van der Waals surface area contributed by atoms with Crippen LogP contribution in [0.2, 0.25) is 0 Å². The van der Waals surface area contributed by atoms with E-state index in [1.54, 1.807) is 0 Å². The van der Waals surface area contributed by atoms with E-state index in [-0.39, 0.29) is 11.9 Å². The van der Waals surface area contributed by atoms with Crippen LogP contribution in [0.15, 0.2) is 53.1 Å². The van der Waals surface area contributed by atoms with Crippen LogP contribution in [-0.2, 0) is 11.2 Å². The average Bonchev–Trinajstić information content (AvgIpc) is 3.52. The summed E-state index contributed by atoms with van der Waals surface area (Å²) in [6, 6.07) is 16.4. The number of aromatic nitrogens is 2. The van der Waals surface area contributed by atoms with Crippen LogP contribution >= 0.6 is 0 Å². The molecule has 2 aromatic carbocycles. The molecule has 0 spiro atoms. The number of nitrogens with zero attached hydrogens (tertiary/aromatic N) is 3. The van der Waals surface area contributed by atoms with Gasteiger partial charge in [-0.25, -0.2) is 0 Å². The Morgan fingerprint density at radius 3 is 2.55 bits per heavy atom. The lowest BCUT2D eigenvalue weighted by molar-refractivity contribution is -0.121. The zero-order chi connectivity index (χ0) is 23.0. The molecule has 0 bridgehead atoms. The molecular weight excluding hydrogens is 416 g/mol. The van der Waals surface area contributed by atoms with Gasteiger partial charge in [-0.2, -0.15) is 4.98 Å². The number of hydrogen-bond acceptors (Lipinski definition) is 6. The van der Waals surface area contributed by atoms with E-state index in [1.165, 1.54) is 24.0 Å². The van der Waals surface area contributed by atoms with E-state index < -0.39 is 0 Å². The number of amides is 1. The molecule has 3 aromatic rings. The Morgan fingerprint density at radius 1 is 1.12 bits per heavy atom. The standard InChI is InChI=1S/C26H32N4O3/c1-3-32-22-12-10-21(11-13-22)26-28-25(33-29-26)15-14-24(31)27-18-23(30-16-4-5-17-30)20-8-6-19(2)7-9-20/h6-13,23H,3-5,14-18H2,1-2H3,(H,27,31). The second-order valence-corrected chi connectivity index (χ2v) is 8.44. The fraction of sp³-hybridized carbons (Fsp3) is 0.423. The predicted molar refractivity (Wildman–Crippen MR) is 127 cm³/mol. The minimum Gasteiger partial charge on any atom is -0.494 e. The third-order valence-electron chi connectivity index (χ3n) is 5.99. The van der Waals surface area contributed by atoms with Gasteiger partial charge >= 0.3 is 0 Å². The number of ether oxygens (including phenoxy) is 1. The largest absolute Gasteiger partial charge is 0.494 e. The normalized spacial score (nSPS) is 14.8. The number of carbonyl (C=O) groups is 1. The molecule has 1 aliphatic heterocycles. The highest BCUT2D eigenvalue weighted by Gasteiger charge is 2.24. The number of likely N-dealkylation sites (tertiary alicyclic amines) is 1. The maximum Gasteiger partial charge on any atom is 0.227 e. The lowest BCUT2D eigenvalue weighted by atomic mass is 10.0. The molecule has 7 nitrogen and oxygen atoms in total. The summed E-state index contributed by atoms with van der Waals surface area (Å²) in [7, 11) is 0. The molecule has 1 atom stereocenters. The summed E-state index contributed by atoms with van der Waals surface area (Å²) in [6.45, 7) is 7.41. The van der Waals surface area contributed by atoms with Crippen molar-refractivity contribution in [2.75, 3.05) is 26.2 Å². The molecule has 1 amide bonds. The van der Waals surface area contributed by atoms with Crippen LogP contribution in [0.5, 0.6) is 5.75 Å². The average molecular weight is 449 g/mol. The Labute approximate surface area is 195 Å². The Morgan fingerprint density at radius 2 is 1.85 bits per heavy atom. The van der Waals surface area contributed by atoms with E-state index in [2.05, 4.69) is 51.5 Å². The molecular formula is C26H32N4O3. The number of hydrogen-bond donors (Lipinski definition) is 1. The highest BCUT2D eigenvalue weighted by molar-refractivity contribution is 5.76. The summed E-state index contributed by atoms with van der Waals surface area (Å²) in [5, 5.41) is 7.16. The second-order valence-electron chi connectivity index (χ2n) is 8.44. The summed E-state index contributed by atoms with van der Waals surface area (Å²) in [4.78, 5) is 19.5. The first-order chi connectivity index (χ1) is 16.1. The lowest BCUT2D eigenvalue weighted by Crippen LogP contribution is -2.36. The SMILES string of the molecule is CCOc1ccc(-c2noc(CCC(=O)NCC(c3ccc(C)cc3)N3CCCC3)n2)cc1. The minimum atomic E-state index is -0.00729. The van der Waals surface area contributed by atoms with Gasteiger partial charge in [0, 0.05) is 24.9 Å². The topological polar surface area (TPSA) is 80.5 Å². The quantitative estimate of drug-likeness (QED) is 0.497. The Kier molecular flexibility index (Phi) is 7.73. The van der Waals surface area contributed by atoms with E-state index in [1.807, 2.05) is 31.2 Å². The van der Waals surface area contributed by atoms with Gasteiger partial charge in [-0.1, -0.05) is 35.0 Å². The van der Waals surface area contributed by atoms with E-state index in [0.29, 0.717) is 37.7 Å². The molecule has 1 aliphatic rings. The first-order valence-corrected chi connectivity index (χ1v) is 11.8. The molecule has 1 N–H and O–H groups in total. The van der Waals surface area contributed by atoms with Gasteiger partial charge in [0.25, 0.3) is 0 Å². The minimum absolute atomic E-state index is 0.00729. The molecule has 1 unspecified atom stereocenters. The zero-order valence-electron chi connectivity index (χ0n) is 19.4. The van der Waals surface area contributed by atoms with Crippen molar-refractivity contribution in [3.63, 3.8) is 0 Å². The molecule has 7 heteroatoms. The van der Waals surface area contributed by atoms with Crippen LogP contribution in [-0.4, -0.2) is 47.2 Å². The molecule has 1 aromatic heterocycles. The fourth-order valence-corrected chi connectivity index (χ4v) is 4.16. The van der Waals surface area contributed by atoms with Gasteiger partial charge in [0.1, 0.15) is 5.75 Å². The van der Waals surface area contributed by atoms with Crippen molar-refractivity contribution < 1.29 is 14.1 Å². The van der Waals surface area contributed by atoms with Gasteiger partial charge < -0.3 is 14.6 Å². The number of carbonyl (C=O) groups excluding carboxylic acids is 1. The monoisotopic (exact) mass is 448 g/mol. The van der Waals surface area contributed by atoms with Crippen molar-refractivity contribution in [3.8, 4) is 17.1 Å².